The Balaban J connectivity index is 2.04. The van der Waals surface area contributed by atoms with Crippen LogP contribution in [0.15, 0.2) is 6.07 Å². The summed E-state index contributed by atoms with van der Waals surface area (Å²) in [6.07, 6.45) is 6.60. The van der Waals surface area contributed by atoms with Crippen LogP contribution in [0.3, 0.4) is 0 Å². The molecule has 5 nitrogen and oxygen atoms in total. The van der Waals surface area contributed by atoms with Crippen molar-refractivity contribution in [3.05, 3.63) is 23.0 Å². The van der Waals surface area contributed by atoms with Crippen molar-refractivity contribution in [2.45, 2.75) is 72.3 Å². The molecule has 2 rings (SSSR count). The number of carbonyl (C=O) groups excluding carboxylic acids is 1. The first-order chi connectivity index (χ1) is 11.2. The van der Waals surface area contributed by atoms with E-state index in [-0.39, 0.29) is 5.91 Å². The van der Waals surface area contributed by atoms with Crippen LogP contribution in [0.1, 0.15) is 80.2 Å². The van der Waals surface area contributed by atoms with Crippen LogP contribution in [0.25, 0.3) is 0 Å². The van der Waals surface area contributed by atoms with Crippen molar-refractivity contribution in [1.82, 2.24) is 9.88 Å². The minimum atomic E-state index is -0.841. The highest BCUT2D eigenvalue weighted by atomic mass is 16.4. The first kappa shape index (κ1) is 18.6. The summed E-state index contributed by atoms with van der Waals surface area (Å²) in [4.78, 5) is 23.6. The third-order valence-corrected chi connectivity index (χ3v) is 5.28. The van der Waals surface area contributed by atoms with E-state index in [9.17, 15) is 9.59 Å². The molecule has 0 aliphatic heterocycles. The molecule has 1 fully saturated rings. The highest BCUT2D eigenvalue weighted by Gasteiger charge is 2.27. The van der Waals surface area contributed by atoms with Crippen LogP contribution in [-0.2, 0) is 4.79 Å². The van der Waals surface area contributed by atoms with Gasteiger partial charge < -0.3 is 15.0 Å². The lowest BCUT2D eigenvalue weighted by Gasteiger charge is -2.26. The van der Waals surface area contributed by atoms with E-state index in [2.05, 4.69) is 16.8 Å². The van der Waals surface area contributed by atoms with E-state index < -0.39 is 11.4 Å². The van der Waals surface area contributed by atoms with Crippen LogP contribution in [0.5, 0.6) is 0 Å². The molecule has 5 heteroatoms. The lowest BCUT2D eigenvalue weighted by Crippen LogP contribution is -2.32. The number of aliphatic carboxylic acids is 1. The zero-order valence-corrected chi connectivity index (χ0v) is 15.3. The van der Waals surface area contributed by atoms with Gasteiger partial charge in [0, 0.05) is 24.0 Å². The molecule has 0 atom stereocenters. The molecule has 1 aliphatic carbocycles. The number of carbonyl (C=O) groups is 2. The summed E-state index contributed by atoms with van der Waals surface area (Å²) in [5.41, 5.74) is 2.04. The molecule has 0 unspecified atom stereocenters. The van der Waals surface area contributed by atoms with E-state index in [1.54, 1.807) is 13.8 Å². The van der Waals surface area contributed by atoms with Crippen molar-refractivity contribution < 1.29 is 14.7 Å². The average molecular weight is 334 g/mol. The van der Waals surface area contributed by atoms with Gasteiger partial charge in [-0.25, -0.2) is 0 Å². The van der Waals surface area contributed by atoms with Crippen LogP contribution in [-0.4, -0.2) is 28.1 Å². The van der Waals surface area contributed by atoms with E-state index in [0.717, 1.165) is 11.4 Å². The maximum atomic E-state index is 12.5. The second kappa shape index (κ2) is 7.41. The maximum absolute atomic E-state index is 12.5. The van der Waals surface area contributed by atoms with E-state index in [4.69, 9.17) is 5.11 Å². The summed E-state index contributed by atoms with van der Waals surface area (Å²) in [5, 5.41) is 12.0. The number of rotatable bonds is 6. The van der Waals surface area contributed by atoms with Crippen LogP contribution in [0, 0.1) is 19.3 Å². The standard InChI is InChI=1S/C19H30N2O3/c1-13-12-16(14(2)21(13)15-8-6-5-7-9-15)17(22)20-11-10-19(3,4)18(23)24/h12,15H,5-11H2,1-4H3,(H,20,22)(H,23,24). The lowest BCUT2D eigenvalue weighted by atomic mass is 9.90. The van der Waals surface area contributed by atoms with Gasteiger partial charge in [0.1, 0.15) is 0 Å². The number of aromatic nitrogens is 1. The first-order valence-electron chi connectivity index (χ1n) is 8.94. The SMILES string of the molecule is Cc1cc(C(=O)NCCC(C)(C)C(=O)O)c(C)n1C1CCCCC1. The molecule has 134 valence electrons. The van der Waals surface area contributed by atoms with E-state index in [1.165, 1.54) is 32.1 Å². The summed E-state index contributed by atoms with van der Waals surface area (Å²) in [7, 11) is 0. The number of aryl methyl sites for hydroxylation is 1. The Morgan fingerprint density at radius 3 is 2.46 bits per heavy atom. The Morgan fingerprint density at radius 2 is 1.88 bits per heavy atom. The predicted molar refractivity (Wildman–Crippen MR) is 94.4 cm³/mol. The summed E-state index contributed by atoms with van der Waals surface area (Å²) in [5.74, 6) is -0.946. The maximum Gasteiger partial charge on any atom is 0.309 e. The molecule has 0 bridgehead atoms. The van der Waals surface area contributed by atoms with Gasteiger partial charge in [-0.2, -0.15) is 0 Å². The minimum Gasteiger partial charge on any atom is -0.481 e. The zero-order chi connectivity index (χ0) is 17.9. The summed E-state index contributed by atoms with van der Waals surface area (Å²) < 4.78 is 2.31. The third kappa shape index (κ3) is 4.00. The second-order valence-electron chi connectivity index (χ2n) is 7.64. The molecule has 1 aromatic rings. The highest BCUT2D eigenvalue weighted by molar-refractivity contribution is 5.95. The molecule has 24 heavy (non-hydrogen) atoms. The number of hydrogen-bond donors (Lipinski definition) is 2. The summed E-state index contributed by atoms with van der Waals surface area (Å²) in [6, 6.07) is 2.47. The van der Waals surface area contributed by atoms with Gasteiger partial charge in [0.05, 0.1) is 11.0 Å². The molecule has 1 aliphatic rings. The van der Waals surface area contributed by atoms with Crippen molar-refractivity contribution in [2.24, 2.45) is 5.41 Å². The number of nitrogens with zero attached hydrogens (tertiary/aromatic N) is 1. The van der Waals surface area contributed by atoms with Crippen molar-refractivity contribution in [2.75, 3.05) is 6.54 Å². The molecule has 0 saturated heterocycles. The smallest absolute Gasteiger partial charge is 0.309 e. The second-order valence-corrected chi connectivity index (χ2v) is 7.64. The number of carboxylic acid groups (broad SMARTS) is 1. The van der Waals surface area contributed by atoms with E-state index in [1.807, 2.05) is 13.0 Å². The minimum absolute atomic E-state index is 0.105. The number of carboxylic acids is 1. The highest BCUT2D eigenvalue weighted by Crippen LogP contribution is 2.32. The molecule has 1 aromatic heterocycles. The zero-order valence-electron chi connectivity index (χ0n) is 15.3. The molecular weight excluding hydrogens is 304 g/mol. The van der Waals surface area contributed by atoms with Crippen LogP contribution >= 0.6 is 0 Å². The Labute approximate surface area is 144 Å². The third-order valence-electron chi connectivity index (χ3n) is 5.28. The summed E-state index contributed by atoms with van der Waals surface area (Å²) >= 11 is 0. The van der Waals surface area contributed by atoms with Gasteiger partial charge in [-0.3, -0.25) is 9.59 Å². The van der Waals surface area contributed by atoms with Crippen molar-refractivity contribution >= 4 is 11.9 Å². The lowest BCUT2D eigenvalue weighted by molar-refractivity contribution is -0.147. The van der Waals surface area contributed by atoms with E-state index in [0.29, 0.717) is 24.6 Å². The van der Waals surface area contributed by atoms with Crippen molar-refractivity contribution in [3.63, 3.8) is 0 Å². The van der Waals surface area contributed by atoms with Crippen molar-refractivity contribution in [1.29, 1.82) is 0 Å². The van der Waals surface area contributed by atoms with Gasteiger partial charge >= 0.3 is 5.97 Å². The predicted octanol–water partition coefficient (Wildman–Crippen LogP) is 3.84. The summed E-state index contributed by atoms with van der Waals surface area (Å²) in [6.45, 7) is 7.79. The number of nitrogens with one attached hydrogen (secondary N) is 1. The van der Waals surface area contributed by atoms with Crippen LogP contribution < -0.4 is 5.32 Å². The Kier molecular flexibility index (Phi) is 5.73. The monoisotopic (exact) mass is 334 g/mol. The fraction of sp³-hybridized carbons (Fsp3) is 0.684. The molecule has 1 amide bonds. The van der Waals surface area contributed by atoms with Crippen LogP contribution in [0.4, 0.5) is 0 Å². The molecule has 0 aromatic carbocycles. The normalized spacial score (nSPS) is 16.2. The Hall–Kier alpha value is -1.78. The molecule has 1 saturated carbocycles. The average Bonchev–Trinajstić information content (AvgIpc) is 2.82. The van der Waals surface area contributed by atoms with Gasteiger partial charge in [0.15, 0.2) is 0 Å². The van der Waals surface area contributed by atoms with Gasteiger partial charge in [0.2, 0.25) is 0 Å². The molecular formula is C19H30N2O3. The quantitative estimate of drug-likeness (QED) is 0.830. The van der Waals surface area contributed by atoms with Gasteiger partial charge in [0.25, 0.3) is 5.91 Å². The van der Waals surface area contributed by atoms with Crippen molar-refractivity contribution in [3.8, 4) is 0 Å². The fourth-order valence-corrected chi connectivity index (χ4v) is 3.60. The Morgan fingerprint density at radius 1 is 1.25 bits per heavy atom. The van der Waals surface area contributed by atoms with Gasteiger partial charge in [-0.15, -0.1) is 0 Å². The first-order valence-corrected chi connectivity index (χ1v) is 8.94. The van der Waals surface area contributed by atoms with Gasteiger partial charge in [-0.1, -0.05) is 19.3 Å². The molecule has 2 N–H and O–H groups in total. The molecule has 0 radical (unpaired) electrons. The number of amides is 1. The molecule has 0 spiro atoms. The topological polar surface area (TPSA) is 71.3 Å². The fourth-order valence-electron chi connectivity index (χ4n) is 3.60. The molecule has 1 heterocycles. The van der Waals surface area contributed by atoms with E-state index >= 15 is 0 Å². The number of hydrogen-bond acceptors (Lipinski definition) is 2. The van der Waals surface area contributed by atoms with Crippen LogP contribution in [0.2, 0.25) is 0 Å². The Bertz CT molecular complexity index is 610. The largest absolute Gasteiger partial charge is 0.481 e. The van der Waals surface area contributed by atoms with Gasteiger partial charge in [-0.05, 0) is 53.0 Å².